The van der Waals surface area contributed by atoms with Crippen molar-refractivity contribution in [2.45, 2.75) is 31.8 Å². The van der Waals surface area contributed by atoms with Gasteiger partial charge in [-0.3, -0.25) is 9.36 Å². The molecule has 2 unspecified atom stereocenters. The van der Waals surface area contributed by atoms with E-state index < -0.39 is 0 Å². The largest absolute Gasteiger partial charge is 0.493 e. The van der Waals surface area contributed by atoms with Crippen molar-refractivity contribution in [3.8, 4) is 29.1 Å². The van der Waals surface area contributed by atoms with Crippen molar-refractivity contribution in [1.82, 2.24) is 19.0 Å². The Kier molecular flexibility index (Phi) is 5.05. The zero-order valence-electron chi connectivity index (χ0n) is 19.0. The van der Waals surface area contributed by atoms with E-state index in [0.717, 1.165) is 5.56 Å². The molecule has 2 bridgehead atoms. The molecule has 1 amide bonds. The lowest BCUT2D eigenvalue weighted by molar-refractivity contribution is -0.132. The normalized spacial score (nSPS) is 18.0. The number of pyridine rings is 1. The highest BCUT2D eigenvalue weighted by Gasteiger charge is 2.49. The first-order valence-corrected chi connectivity index (χ1v) is 10.8. The van der Waals surface area contributed by atoms with Crippen molar-refractivity contribution in [1.29, 1.82) is 5.26 Å². The van der Waals surface area contributed by atoms with E-state index in [1.807, 2.05) is 12.1 Å². The van der Waals surface area contributed by atoms with Crippen LogP contribution in [-0.4, -0.2) is 50.8 Å². The van der Waals surface area contributed by atoms with Crippen LogP contribution in [-0.2, 0) is 11.2 Å². The highest BCUT2D eigenvalue weighted by atomic mass is 16.5. The molecule has 2 aromatic heterocycles. The molecule has 1 aromatic carbocycles. The SMILES string of the molecule is COc1ccc(CC(=O)N2CC3CC2c2c(O)n(-c4cnc(C#N)c(C)c4)c(=O)n23)cc1OC. The van der Waals surface area contributed by atoms with Gasteiger partial charge in [-0.2, -0.15) is 5.26 Å². The summed E-state index contributed by atoms with van der Waals surface area (Å²) in [5.41, 5.74) is 2.08. The smallest absolute Gasteiger partial charge is 0.336 e. The Labute approximate surface area is 195 Å². The molecule has 10 nitrogen and oxygen atoms in total. The van der Waals surface area contributed by atoms with E-state index in [2.05, 4.69) is 4.98 Å². The van der Waals surface area contributed by atoms with Crippen LogP contribution in [0.2, 0.25) is 0 Å². The number of amides is 1. The van der Waals surface area contributed by atoms with E-state index in [4.69, 9.17) is 14.7 Å². The Morgan fingerprint density at radius 1 is 1.26 bits per heavy atom. The van der Waals surface area contributed by atoms with E-state index in [1.54, 1.807) is 48.8 Å². The number of likely N-dealkylation sites (tertiary alicyclic amines) is 1. The first-order chi connectivity index (χ1) is 16.4. The number of methoxy groups -OCH3 is 2. The third-order valence-electron chi connectivity index (χ3n) is 6.61. The number of carbonyl (C=O) groups excluding carboxylic acids is 1. The van der Waals surface area contributed by atoms with Crippen LogP contribution in [0.5, 0.6) is 17.4 Å². The summed E-state index contributed by atoms with van der Waals surface area (Å²) in [7, 11) is 3.09. The molecule has 3 aromatic rings. The molecule has 0 radical (unpaired) electrons. The summed E-state index contributed by atoms with van der Waals surface area (Å²) in [5, 5.41) is 20.1. The fourth-order valence-corrected chi connectivity index (χ4v) is 5.02. The fourth-order valence-electron chi connectivity index (χ4n) is 5.02. The maximum absolute atomic E-state index is 13.2. The number of nitrogens with zero attached hydrogens (tertiary/aromatic N) is 5. The minimum absolute atomic E-state index is 0.0959. The third kappa shape index (κ3) is 3.12. The molecular formula is C24H23N5O5. The minimum Gasteiger partial charge on any atom is -0.493 e. The van der Waals surface area contributed by atoms with E-state index in [1.165, 1.54) is 10.8 Å². The number of aromatic hydroxyl groups is 1. The van der Waals surface area contributed by atoms with Crippen molar-refractivity contribution >= 4 is 5.91 Å². The zero-order valence-corrected chi connectivity index (χ0v) is 19.0. The summed E-state index contributed by atoms with van der Waals surface area (Å²) in [5.74, 6) is 0.834. The van der Waals surface area contributed by atoms with Gasteiger partial charge < -0.3 is 19.5 Å². The molecule has 34 heavy (non-hydrogen) atoms. The van der Waals surface area contributed by atoms with Crippen LogP contribution >= 0.6 is 0 Å². The molecule has 0 spiro atoms. The van der Waals surface area contributed by atoms with Crippen molar-refractivity contribution in [2.75, 3.05) is 20.8 Å². The van der Waals surface area contributed by atoms with Gasteiger partial charge in [0.1, 0.15) is 17.5 Å². The predicted molar refractivity (Wildman–Crippen MR) is 120 cm³/mol. The number of hydrogen-bond donors (Lipinski definition) is 1. The standard InChI is InChI=1S/C24H23N5O5/c1-13-6-15(11-26-17(13)10-25)29-23(31)22-18-9-16(28(22)24(29)32)12-27(18)21(30)8-14-4-5-19(33-2)20(7-14)34-3/h4-7,11,16,18,31H,8-9,12H2,1-3H3. The third-order valence-corrected chi connectivity index (χ3v) is 6.61. The molecule has 1 saturated heterocycles. The highest BCUT2D eigenvalue weighted by molar-refractivity contribution is 5.80. The van der Waals surface area contributed by atoms with Crippen LogP contribution in [0, 0.1) is 18.3 Å². The van der Waals surface area contributed by atoms with Crippen LogP contribution < -0.4 is 15.2 Å². The molecule has 2 aliphatic heterocycles. The van der Waals surface area contributed by atoms with Gasteiger partial charge in [0.25, 0.3) is 0 Å². The van der Waals surface area contributed by atoms with Gasteiger partial charge in [-0.1, -0.05) is 6.07 Å². The maximum Gasteiger partial charge on any atom is 0.336 e. The Morgan fingerprint density at radius 2 is 2.03 bits per heavy atom. The van der Waals surface area contributed by atoms with Gasteiger partial charge in [0.2, 0.25) is 11.8 Å². The summed E-state index contributed by atoms with van der Waals surface area (Å²) in [6, 6.07) is 8.39. The van der Waals surface area contributed by atoms with Gasteiger partial charge in [0, 0.05) is 6.54 Å². The second-order valence-electron chi connectivity index (χ2n) is 8.49. The van der Waals surface area contributed by atoms with Crippen LogP contribution in [0.4, 0.5) is 0 Å². The summed E-state index contributed by atoms with van der Waals surface area (Å²) in [6.45, 7) is 2.12. The number of ether oxygens (including phenoxy) is 2. The second-order valence-corrected chi connectivity index (χ2v) is 8.49. The molecule has 2 atom stereocenters. The van der Waals surface area contributed by atoms with E-state index in [9.17, 15) is 14.7 Å². The molecule has 2 aliphatic rings. The second kappa shape index (κ2) is 7.95. The predicted octanol–water partition coefficient (Wildman–Crippen LogP) is 2.01. The number of fused-ring (bicyclic) bond motifs is 5. The first-order valence-electron chi connectivity index (χ1n) is 10.8. The number of aromatic nitrogens is 3. The monoisotopic (exact) mass is 461 g/mol. The minimum atomic E-state index is -0.390. The number of carbonyl (C=O) groups is 1. The van der Waals surface area contributed by atoms with Gasteiger partial charge in [-0.25, -0.2) is 14.3 Å². The number of benzene rings is 1. The number of hydrogen-bond acceptors (Lipinski definition) is 7. The number of imidazole rings is 1. The van der Waals surface area contributed by atoms with Crippen LogP contribution in [0.15, 0.2) is 35.3 Å². The van der Waals surface area contributed by atoms with E-state index >= 15 is 0 Å². The fraction of sp³-hybridized carbons (Fsp3) is 0.333. The van der Waals surface area contributed by atoms with E-state index in [-0.39, 0.29) is 41.7 Å². The van der Waals surface area contributed by atoms with Crippen LogP contribution in [0.25, 0.3) is 5.69 Å². The summed E-state index contributed by atoms with van der Waals surface area (Å²) in [4.78, 5) is 32.2. The van der Waals surface area contributed by atoms with E-state index in [0.29, 0.717) is 41.4 Å². The van der Waals surface area contributed by atoms with Gasteiger partial charge in [-0.05, 0) is 42.7 Å². The lowest BCUT2D eigenvalue weighted by atomic mass is 10.1. The summed E-state index contributed by atoms with van der Waals surface area (Å²) in [6.07, 6.45) is 2.14. The lowest BCUT2D eigenvalue weighted by Crippen LogP contribution is -2.38. The van der Waals surface area contributed by atoms with Crippen LogP contribution in [0.3, 0.4) is 0 Å². The lowest BCUT2D eigenvalue weighted by Gasteiger charge is -2.28. The average Bonchev–Trinajstić information content (AvgIpc) is 3.50. The Balaban J connectivity index is 1.45. The number of nitriles is 1. The van der Waals surface area contributed by atoms with Crippen molar-refractivity contribution < 1.29 is 19.4 Å². The molecule has 4 heterocycles. The Bertz CT molecular complexity index is 1420. The quantitative estimate of drug-likeness (QED) is 0.617. The maximum atomic E-state index is 13.2. The Hall–Kier alpha value is -4.26. The molecule has 10 heteroatoms. The van der Waals surface area contributed by atoms with Crippen molar-refractivity contribution in [3.63, 3.8) is 0 Å². The van der Waals surface area contributed by atoms with Crippen molar-refractivity contribution in [2.24, 2.45) is 0 Å². The molecular weight excluding hydrogens is 438 g/mol. The topological polar surface area (TPSA) is 123 Å². The molecule has 1 fully saturated rings. The molecule has 0 saturated carbocycles. The number of rotatable bonds is 5. The average molecular weight is 461 g/mol. The van der Waals surface area contributed by atoms with Gasteiger partial charge in [0.15, 0.2) is 11.5 Å². The van der Waals surface area contributed by atoms with Crippen molar-refractivity contribution in [3.05, 3.63) is 63.5 Å². The highest BCUT2D eigenvalue weighted by Crippen LogP contribution is 2.48. The molecule has 1 N–H and O–H groups in total. The molecule has 5 rings (SSSR count). The van der Waals surface area contributed by atoms with Gasteiger partial charge in [-0.15, -0.1) is 0 Å². The summed E-state index contributed by atoms with van der Waals surface area (Å²) < 4.78 is 13.4. The van der Waals surface area contributed by atoms with Gasteiger partial charge in [0.05, 0.1) is 44.6 Å². The number of aryl methyl sites for hydroxylation is 1. The van der Waals surface area contributed by atoms with Crippen LogP contribution in [0.1, 0.15) is 41.0 Å². The molecule has 0 aliphatic carbocycles. The first kappa shape index (κ1) is 21.6. The Morgan fingerprint density at radius 3 is 2.71 bits per heavy atom. The summed E-state index contributed by atoms with van der Waals surface area (Å²) >= 11 is 0. The molecule has 174 valence electrons. The zero-order chi connectivity index (χ0) is 24.1. The van der Waals surface area contributed by atoms with Gasteiger partial charge >= 0.3 is 5.69 Å².